The molecule has 0 unspecified atom stereocenters. The molecule has 0 aromatic heterocycles. The van der Waals surface area contributed by atoms with Crippen molar-refractivity contribution in [3.05, 3.63) is 48.5 Å². The number of hydrogen-bond acceptors (Lipinski definition) is 3. The van der Waals surface area contributed by atoms with Gasteiger partial charge in [0, 0.05) is 17.2 Å². The van der Waals surface area contributed by atoms with Crippen molar-refractivity contribution in [2.24, 2.45) is 0 Å². The van der Waals surface area contributed by atoms with Crippen molar-refractivity contribution in [1.82, 2.24) is 0 Å². The molecule has 0 saturated carbocycles. The van der Waals surface area contributed by atoms with E-state index in [1.807, 2.05) is 6.07 Å². The molecule has 2 aromatic carbocycles. The Bertz CT molecular complexity index is 629. The van der Waals surface area contributed by atoms with Crippen LogP contribution in [0.25, 0.3) is 16.9 Å². The highest BCUT2D eigenvalue weighted by Gasteiger charge is 2.20. The molecule has 0 bridgehead atoms. The Kier molecular flexibility index (Phi) is 1.89. The molecule has 17 heavy (non-hydrogen) atoms. The van der Waals surface area contributed by atoms with E-state index in [4.69, 9.17) is 4.74 Å². The van der Waals surface area contributed by atoms with Gasteiger partial charge in [-0.05, 0) is 35.9 Å². The Morgan fingerprint density at radius 3 is 2.24 bits per heavy atom. The first-order chi connectivity index (χ1) is 8.15. The average molecular weight is 226 g/mol. The third-order valence-electron chi connectivity index (χ3n) is 2.79. The first-order valence-corrected chi connectivity index (χ1v) is 5.19. The molecule has 2 N–H and O–H groups in total. The van der Waals surface area contributed by atoms with Crippen LogP contribution in [-0.2, 0) is 0 Å². The molecule has 0 spiro atoms. The van der Waals surface area contributed by atoms with E-state index in [0.717, 1.165) is 16.7 Å². The average Bonchev–Trinajstić information content (AvgIpc) is 2.29. The van der Waals surface area contributed by atoms with E-state index < -0.39 is 0 Å². The van der Waals surface area contributed by atoms with Gasteiger partial charge in [-0.25, -0.2) is 0 Å². The molecule has 0 amide bonds. The van der Waals surface area contributed by atoms with Crippen LogP contribution in [0.5, 0.6) is 17.2 Å². The quantitative estimate of drug-likeness (QED) is 0.725. The molecule has 1 heterocycles. The van der Waals surface area contributed by atoms with Gasteiger partial charge < -0.3 is 14.9 Å². The maximum absolute atomic E-state index is 9.46. The summed E-state index contributed by atoms with van der Waals surface area (Å²) in [7, 11) is 0. The van der Waals surface area contributed by atoms with E-state index in [9.17, 15) is 10.2 Å². The predicted octanol–water partition coefficient (Wildman–Crippen LogP) is 3.13. The molecule has 3 rings (SSSR count). The maximum Gasteiger partial charge on any atom is 0.138 e. The Balaban J connectivity index is 2.30. The van der Waals surface area contributed by atoms with Gasteiger partial charge in [-0.1, -0.05) is 6.58 Å². The van der Waals surface area contributed by atoms with Crippen molar-refractivity contribution in [1.29, 1.82) is 0 Å². The fraction of sp³-hybridized carbons (Fsp3) is 0. The lowest BCUT2D eigenvalue weighted by atomic mass is 9.95. The number of ether oxygens (including phenoxy) is 1. The zero-order chi connectivity index (χ0) is 12.0. The van der Waals surface area contributed by atoms with Crippen LogP contribution < -0.4 is 4.74 Å². The zero-order valence-electron chi connectivity index (χ0n) is 8.97. The molecule has 0 atom stereocenters. The van der Waals surface area contributed by atoms with Gasteiger partial charge in [-0.15, -0.1) is 0 Å². The summed E-state index contributed by atoms with van der Waals surface area (Å²) in [5.41, 5.74) is 2.59. The summed E-state index contributed by atoms with van der Waals surface area (Å²) >= 11 is 0. The lowest BCUT2D eigenvalue weighted by molar-refractivity contribution is 0.462. The molecule has 84 valence electrons. The smallest absolute Gasteiger partial charge is 0.138 e. The Hall–Kier alpha value is -2.42. The molecule has 3 nitrogen and oxygen atoms in total. The second-order valence-electron chi connectivity index (χ2n) is 3.94. The third-order valence-corrected chi connectivity index (χ3v) is 2.79. The topological polar surface area (TPSA) is 49.7 Å². The van der Waals surface area contributed by atoms with Gasteiger partial charge in [0.1, 0.15) is 23.0 Å². The number of rotatable bonds is 0. The van der Waals surface area contributed by atoms with Gasteiger partial charge >= 0.3 is 0 Å². The summed E-state index contributed by atoms with van der Waals surface area (Å²) in [5, 5.41) is 18.9. The van der Waals surface area contributed by atoms with E-state index in [1.165, 1.54) is 0 Å². The summed E-state index contributed by atoms with van der Waals surface area (Å²) in [6.07, 6.45) is 0. The fourth-order valence-electron chi connectivity index (χ4n) is 2.00. The molecule has 3 heteroatoms. The first-order valence-electron chi connectivity index (χ1n) is 5.19. The van der Waals surface area contributed by atoms with E-state index in [0.29, 0.717) is 11.5 Å². The van der Waals surface area contributed by atoms with Gasteiger partial charge in [0.15, 0.2) is 0 Å². The van der Waals surface area contributed by atoms with Crippen LogP contribution in [0.15, 0.2) is 43.0 Å². The Labute approximate surface area is 98.2 Å². The minimum atomic E-state index is 0.152. The monoisotopic (exact) mass is 226 g/mol. The first kappa shape index (κ1) is 9.78. The van der Waals surface area contributed by atoms with Gasteiger partial charge in [0.2, 0.25) is 0 Å². The molecule has 0 fully saturated rings. The lowest BCUT2D eigenvalue weighted by Gasteiger charge is -2.22. The van der Waals surface area contributed by atoms with E-state index in [1.54, 1.807) is 30.3 Å². The Morgan fingerprint density at radius 1 is 0.824 bits per heavy atom. The van der Waals surface area contributed by atoms with Crippen molar-refractivity contribution < 1.29 is 14.9 Å². The summed E-state index contributed by atoms with van der Waals surface area (Å²) in [6, 6.07) is 9.99. The number of phenolic OH excluding ortho intramolecular Hbond substituents is 2. The largest absolute Gasteiger partial charge is 0.508 e. The molecule has 2 aromatic rings. The highest BCUT2D eigenvalue weighted by Crippen LogP contribution is 2.43. The summed E-state index contributed by atoms with van der Waals surface area (Å²) in [4.78, 5) is 0. The van der Waals surface area contributed by atoms with Crippen LogP contribution in [0.1, 0.15) is 5.56 Å². The minimum absolute atomic E-state index is 0.152. The maximum atomic E-state index is 9.46. The highest BCUT2D eigenvalue weighted by molar-refractivity contribution is 5.87. The second-order valence-corrected chi connectivity index (χ2v) is 3.94. The van der Waals surface area contributed by atoms with Gasteiger partial charge in [0.25, 0.3) is 0 Å². The van der Waals surface area contributed by atoms with E-state index >= 15 is 0 Å². The number of benzene rings is 2. The van der Waals surface area contributed by atoms with Gasteiger partial charge in [0.05, 0.1) is 0 Å². The van der Waals surface area contributed by atoms with Crippen LogP contribution in [-0.4, -0.2) is 10.2 Å². The minimum Gasteiger partial charge on any atom is -0.508 e. The van der Waals surface area contributed by atoms with E-state index in [2.05, 4.69) is 6.58 Å². The van der Waals surface area contributed by atoms with Crippen molar-refractivity contribution in [3.8, 4) is 28.4 Å². The van der Waals surface area contributed by atoms with Crippen LogP contribution >= 0.6 is 0 Å². The lowest BCUT2D eigenvalue weighted by Crippen LogP contribution is -2.03. The Morgan fingerprint density at radius 2 is 1.47 bits per heavy atom. The zero-order valence-corrected chi connectivity index (χ0v) is 8.97. The molecule has 1 aliphatic rings. The summed E-state index contributed by atoms with van der Waals surface area (Å²) < 4.78 is 5.53. The normalized spacial score (nSPS) is 12.6. The summed E-state index contributed by atoms with van der Waals surface area (Å²) in [6.45, 7) is 3.81. The van der Waals surface area contributed by atoms with Crippen molar-refractivity contribution in [3.63, 3.8) is 0 Å². The van der Waals surface area contributed by atoms with Gasteiger partial charge in [-0.3, -0.25) is 0 Å². The second kappa shape index (κ2) is 3.28. The molecular weight excluding hydrogens is 216 g/mol. The standard InChI is InChI=1S/C14H10O3/c1-8-13-6-9(15)2-4-11(13)12-5-3-10(16)7-14(12)17-8/h2-7,15-16H,1H2. The van der Waals surface area contributed by atoms with E-state index in [-0.39, 0.29) is 11.5 Å². The predicted molar refractivity (Wildman–Crippen MR) is 64.9 cm³/mol. The van der Waals surface area contributed by atoms with Crippen LogP contribution in [0.3, 0.4) is 0 Å². The van der Waals surface area contributed by atoms with Crippen LogP contribution in [0, 0.1) is 0 Å². The fourth-order valence-corrected chi connectivity index (χ4v) is 2.00. The highest BCUT2D eigenvalue weighted by atomic mass is 16.5. The van der Waals surface area contributed by atoms with Gasteiger partial charge in [-0.2, -0.15) is 0 Å². The van der Waals surface area contributed by atoms with Crippen LogP contribution in [0.2, 0.25) is 0 Å². The number of phenols is 2. The number of hydrogen-bond donors (Lipinski definition) is 2. The molecule has 0 aliphatic carbocycles. The SMILES string of the molecule is C=C1Oc2cc(O)ccc2-c2ccc(O)cc21. The molecule has 0 radical (unpaired) electrons. The summed E-state index contributed by atoms with van der Waals surface area (Å²) in [5.74, 6) is 1.37. The number of fused-ring (bicyclic) bond motifs is 3. The van der Waals surface area contributed by atoms with Crippen molar-refractivity contribution in [2.75, 3.05) is 0 Å². The van der Waals surface area contributed by atoms with Crippen LogP contribution in [0.4, 0.5) is 0 Å². The number of aromatic hydroxyl groups is 2. The molecule has 1 aliphatic heterocycles. The van der Waals surface area contributed by atoms with Crippen molar-refractivity contribution >= 4 is 5.76 Å². The van der Waals surface area contributed by atoms with Crippen molar-refractivity contribution in [2.45, 2.75) is 0 Å². The molecular formula is C14H10O3. The molecule has 0 saturated heterocycles. The third kappa shape index (κ3) is 1.44.